The number of nitrogens with zero attached hydrogens (tertiary/aromatic N) is 1. The van der Waals surface area contributed by atoms with Gasteiger partial charge in [0.05, 0.1) is 13.2 Å². The number of hydrogen-bond acceptors (Lipinski definition) is 5. The number of ether oxygens (including phenoxy) is 2. The number of carbonyl (C=O) groups is 1. The Balaban J connectivity index is 1.84. The van der Waals surface area contributed by atoms with Gasteiger partial charge in [0.25, 0.3) is 0 Å². The molecule has 116 valence electrons. The van der Waals surface area contributed by atoms with E-state index in [1.54, 1.807) is 24.3 Å². The summed E-state index contributed by atoms with van der Waals surface area (Å²) in [6.07, 6.45) is 1.05. The van der Waals surface area contributed by atoms with Crippen LogP contribution in [0.2, 0.25) is 0 Å². The van der Waals surface area contributed by atoms with Crippen molar-refractivity contribution in [1.29, 1.82) is 0 Å². The number of carbonyl (C=O) groups excluding carboxylic acids is 1. The van der Waals surface area contributed by atoms with Crippen molar-refractivity contribution in [3.8, 4) is 11.5 Å². The fraction of sp³-hybridized carbons (Fsp3) is 0.562. The number of rotatable bonds is 6. The molecule has 2 rings (SSSR count). The van der Waals surface area contributed by atoms with Gasteiger partial charge >= 0.3 is 5.97 Å². The van der Waals surface area contributed by atoms with Gasteiger partial charge in [-0.2, -0.15) is 0 Å². The van der Waals surface area contributed by atoms with Crippen LogP contribution in [0.5, 0.6) is 11.5 Å². The Morgan fingerprint density at radius 3 is 2.57 bits per heavy atom. The van der Waals surface area contributed by atoms with Crippen molar-refractivity contribution >= 4 is 5.97 Å². The molecule has 0 aliphatic carbocycles. The molecular formula is C16H24N2O3. The minimum Gasteiger partial charge on any atom is -0.494 e. The van der Waals surface area contributed by atoms with E-state index >= 15 is 0 Å². The molecule has 1 saturated heterocycles. The van der Waals surface area contributed by atoms with E-state index in [4.69, 9.17) is 15.2 Å². The SMILES string of the molecule is CCOc1ccc(OC(=O)CN2CC(CN)CC2C)cc1. The van der Waals surface area contributed by atoms with Gasteiger partial charge in [-0.05, 0) is 57.0 Å². The van der Waals surface area contributed by atoms with Crippen molar-refractivity contribution < 1.29 is 14.3 Å². The highest BCUT2D eigenvalue weighted by atomic mass is 16.5. The first-order chi connectivity index (χ1) is 10.1. The Morgan fingerprint density at radius 2 is 2.00 bits per heavy atom. The largest absolute Gasteiger partial charge is 0.494 e. The molecule has 5 nitrogen and oxygen atoms in total. The quantitative estimate of drug-likeness (QED) is 0.638. The molecule has 0 spiro atoms. The number of likely N-dealkylation sites (tertiary alicyclic amines) is 1. The average Bonchev–Trinajstić information content (AvgIpc) is 2.82. The minimum absolute atomic E-state index is 0.233. The Kier molecular flexibility index (Phi) is 5.59. The van der Waals surface area contributed by atoms with Crippen molar-refractivity contribution in [2.45, 2.75) is 26.3 Å². The summed E-state index contributed by atoms with van der Waals surface area (Å²) in [5.41, 5.74) is 5.70. The van der Waals surface area contributed by atoms with Crippen LogP contribution in [0.4, 0.5) is 0 Å². The highest BCUT2D eigenvalue weighted by molar-refractivity contribution is 5.74. The molecule has 21 heavy (non-hydrogen) atoms. The first-order valence-corrected chi connectivity index (χ1v) is 7.50. The van der Waals surface area contributed by atoms with Crippen molar-refractivity contribution in [2.24, 2.45) is 11.7 Å². The molecule has 0 bridgehead atoms. The van der Waals surface area contributed by atoms with Crippen molar-refractivity contribution in [2.75, 3.05) is 26.2 Å². The second kappa shape index (κ2) is 7.43. The van der Waals surface area contributed by atoms with Gasteiger partial charge in [0.1, 0.15) is 11.5 Å². The third-order valence-corrected chi connectivity index (χ3v) is 3.82. The molecule has 0 saturated carbocycles. The zero-order valence-corrected chi connectivity index (χ0v) is 12.7. The lowest BCUT2D eigenvalue weighted by molar-refractivity contribution is -0.135. The second-order valence-electron chi connectivity index (χ2n) is 5.49. The molecule has 0 aromatic heterocycles. The average molecular weight is 292 g/mol. The molecule has 1 heterocycles. The van der Waals surface area contributed by atoms with E-state index in [2.05, 4.69) is 11.8 Å². The van der Waals surface area contributed by atoms with E-state index in [9.17, 15) is 4.79 Å². The summed E-state index contributed by atoms with van der Waals surface area (Å²) in [6.45, 7) is 6.53. The lowest BCUT2D eigenvalue weighted by Crippen LogP contribution is -2.35. The highest BCUT2D eigenvalue weighted by Gasteiger charge is 2.29. The lowest BCUT2D eigenvalue weighted by atomic mass is 10.1. The van der Waals surface area contributed by atoms with E-state index in [0.717, 1.165) is 18.7 Å². The Morgan fingerprint density at radius 1 is 1.33 bits per heavy atom. The van der Waals surface area contributed by atoms with Gasteiger partial charge in [-0.15, -0.1) is 0 Å². The number of benzene rings is 1. The van der Waals surface area contributed by atoms with E-state index in [1.807, 2.05) is 6.92 Å². The molecule has 1 aromatic carbocycles. The van der Waals surface area contributed by atoms with Gasteiger partial charge in [-0.3, -0.25) is 9.69 Å². The van der Waals surface area contributed by atoms with Gasteiger partial charge in [-0.25, -0.2) is 0 Å². The van der Waals surface area contributed by atoms with E-state index in [0.29, 0.717) is 37.4 Å². The van der Waals surface area contributed by atoms with Crippen LogP contribution in [-0.4, -0.2) is 43.2 Å². The number of esters is 1. The van der Waals surface area contributed by atoms with Crippen LogP contribution in [-0.2, 0) is 4.79 Å². The summed E-state index contributed by atoms with van der Waals surface area (Å²) in [5, 5.41) is 0. The van der Waals surface area contributed by atoms with Crippen LogP contribution < -0.4 is 15.2 Å². The van der Waals surface area contributed by atoms with Gasteiger partial charge < -0.3 is 15.2 Å². The fourth-order valence-electron chi connectivity index (χ4n) is 2.71. The van der Waals surface area contributed by atoms with Gasteiger partial charge in [0.15, 0.2) is 0 Å². The predicted octanol–water partition coefficient (Wildman–Crippen LogP) is 1.66. The molecule has 0 amide bonds. The third kappa shape index (κ3) is 4.44. The standard InChI is InChI=1S/C16H24N2O3/c1-3-20-14-4-6-15(7-5-14)21-16(19)11-18-10-13(9-17)8-12(18)2/h4-7,12-13H,3,8-11,17H2,1-2H3. The molecule has 1 aliphatic heterocycles. The van der Waals surface area contributed by atoms with Gasteiger partial charge in [0, 0.05) is 12.6 Å². The van der Waals surface area contributed by atoms with E-state index in [1.165, 1.54) is 0 Å². The summed E-state index contributed by atoms with van der Waals surface area (Å²) < 4.78 is 10.7. The van der Waals surface area contributed by atoms with E-state index < -0.39 is 0 Å². The second-order valence-corrected chi connectivity index (χ2v) is 5.49. The molecule has 2 atom stereocenters. The third-order valence-electron chi connectivity index (χ3n) is 3.82. The summed E-state index contributed by atoms with van der Waals surface area (Å²) in [7, 11) is 0. The van der Waals surface area contributed by atoms with Gasteiger partial charge in [-0.1, -0.05) is 0 Å². The molecular weight excluding hydrogens is 268 g/mol. The molecule has 0 radical (unpaired) electrons. The monoisotopic (exact) mass is 292 g/mol. The predicted molar refractivity (Wildman–Crippen MR) is 81.4 cm³/mol. The number of nitrogens with two attached hydrogens (primary N) is 1. The zero-order valence-electron chi connectivity index (χ0n) is 12.7. The molecule has 1 fully saturated rings. The van der Waals surface area contributed by atoms with Crippen LogP contribution in [0.15, 0.2) is 24.3 Å². The lowest BCUT2D eigenvalue weighted by Gasteiger charge is -2.19. The van der Waals surface area contributed by atoms with Crippen molar-refractivity contribution in [3.63, 3.8) is 0 Å². The first kappa shape index (κ1) is 15.8. The molecule has 1 aliphatic rings. The van der Waals surface area contributed by atoms with Crippen LogP contribution in [0, 0.1) is 5.92 Å². The molecule has 2 N–H and O–H groups in total. The fourth-order valence-corrected chi connectivity index (χ4v) is 2.71. The smallest absolute Gasteiger partial charge is 0.325 e. The maximum atomic E-state index is 12.0. The molecule has 5 heteroatoms. The highest BCUT2D eigenvalue weighted by Crippen LogP contribution is 2.22. The Bertz CT molecular complexity index is 461. The maximum Gasteiger partial charge on any atom is 0.325 e. The maximum absolute atomic E-state index is 12.0. The Hall–Kier alpha value is -1.59. The van der Waals surface area contributed by atoms with Crippen LogP contribution in [0.1, 0.15) is 20.3 Å². The number of hydrogen-bond donors (Lipinski definition) is 1. The van der Waals surface area contributed by atoms with Crippen LogP contribution >= 0.6 is 0 Å². The van der Waals surface area contributed by atoms with Crippen LogP contribution in [0.3, 0.4) is 0 Å². The normalized spacial score (nSPS) is 22.2. The summed E-state index contributed by atoms with van der Waals surface area (Å²) in [5.74, 6) is 1.57. The topological polar surface area (TPSA) is 64.8 Å². The molecule has 2 unspecified atom stereocenters. The first-order valence-electron chi connectivity index (χ1n) is 7.50. The van der Waals surface area contributed by atoms with Crippen molar-refractivity contribution in [3.05, 3.63) is 24.3 Å². The molecule has 1 aromatic rings. The van der Waals surface area contributed by atoms with E-state index in [-0.39, 0.29) is 5.97 Å². The van der Waals surface area contributed by atoms with Crippen LogP contribution in [0.25, 0.3) is 0 Å². The summed E-state index contributed by atoms with van der Waals surface area (Å²) in [4.78, 5) is 14.1. The minimum atomic E-state index is -0.233. The van der Waals surface area contributed by atoms with Gasteiger partial charge in [0.2, 0.25) is 0 Å². The summed E-state index contributed by atoms with van der Waals surface area (Å²) >= 11 is 0. The summed E-state index contributed by atoms with van der Waals surface area (Å²) in [6, 6.07) is 7.48. The zero-order chi connectivity index (χ0) is 15.2. The van der Waals surface area contributed by atoms with Crippen molar-refractivity contribution in [1.82, 2.24) is 4.90 Å². The Labute approximate surface area is 126 Å².